The van der Waals surface area contributed by atoms with E-state index in [0.717, 1.165) is 24.0 Å². The molecule has 1 unspecified atom stereocenters. The van der Waals surface area contributed by atoms with Crippen LogP contribution in [0.15, 0.2) is 104 Å². The van der Waals surface area contributed by atoms with Crippen LogP contribution in [0.3, 0.4) is 0 Å². The minimum absolute atomic E-state index is 0.0104. The maximum Gasteiger partial charge on any atom is 0.514 e. The molecule has 4 heterocycles. The molecule has 9 rings (SSSR count). The van der Waals surface area contributed by atoms with Crippen LogP contribution in [0.2, 0.25) is 18.1 Å². The van der Waals surface area contributed by atoms with Gasteiger partial charge in [-0.05, 0) is 142 Å². The first-order chi connectivity index (χ1) is 45.8. The maximum atomic E-state index is 15.2. The van der Waals surface area contributed by atoms with Crippen molar-refractivity contribution < 1.29 is 80.7 Å². The fourth-order valence-corrected chi connectivity index (χ4v) is 13.4. The average Bonchev–Trinajstić information content (AvgIpc) is 1.55. The van der Waals surface area contributed by atoms with E-state index in [0.29, 0.717) is 53.8 Å². The molecule has 2 fully saturated rings. The van der Waals surface area contributed by atoms with Crippen LogP contribution in [-0.4, -0.2) is 143 Å². The van der Waals surface area contributed by atoms with E-state index >= 15 is 9.59 Å². The number of nitrogens with one attached hydrogen (secondary N) is 1. The van der Waals surface area contributed by atoms with Crippen molar-refractivity contribution in [2.45, 2.75) is 169 Å². The fourth-order valence-electron chi connectivity index (χ4n) is 12.2. The summed E-state index contributed by atoms with van der Waals surface area (Å²) in [5, 5.41) is 2.50. The number of ether oxygens (including phenoxy) is 8. The Morgan fingerprint density at radius 1 is 0.773 bits per heavy atom. The number of hydrogen-bond acceptors (Lipinski definition) is 17. The molecule has 4 aromatic carbocycles. The number of ketones is 1. The summed E-state index contributed by atoms with van der Waals surface area (Å²) in [6, 6.07) is 18.8. The average molecular weight is 1350 g/mol. The van der Waals surface area contributed by atoms with Gasteiger partial charge in [0.1, 0.15) is 36.9 Å². The summed E-state index contributed by atoms with van der Waals surface area (Å²) < 4.78 is 53.7. The molecular formula is C74H93N5O17Si. The summed E-state index contributed by atoms with van der Waals surface area (Å²) in [5.41, 5.74) is 3.81. The molecule has 1 spiro atoms. The highest BCUT2D eigenvalue weighted by Crippen LogP contribution is 2.58. The summed E-state index contributed by atoms with van der Waals surface area (Å²) in [7, 11) is -1.25. The van der Waals surface area contributed by atoms with Crippen molar-refractivity contribution in [2.24, 2.45) is 17.3 Å². The number of benzene rings is 4. The van der Waals surface area contributed by atoms with Crippen LogP contribution in [0.1, 0.15) is 144 Å². The standard InChI is InChI=1S/C74H93N5O17Si/c1-16-29-91-64(81)37-54(45(3)4)65(82)75-47(6)60(80)34-48-19-21-49(22-20-48)43-93-70(86)79-58-39-61(46(5)33-55(58)67(84)78-44-74(27-28-74)40-59(78)68(79)96-97(14,15)73(10,11)12)89-31-18-32-90-63-38-57-56(36-62(63)88-13)66(83)76-41-51(35-52(76)42-77(57)69(85)92-30-17-2)50-23-25-53(26-24-50)94-71(87)95-72(7,8)9/h16-17,19-26,33,36,38-39,41,45,47,52,54,59,68H,1-2,18,27-32,34-35,37,40,42-44H2,3-15H3,(H,75,82)/t47-,52-,54-,59-,68?/m0/s1. The Morgan fingerprint density at radius 3 is 2.04 bits per heavy atom. The monoisotopic (exact) mass is 1350 g/mol. The van der Waals surface area contributed by atoms with Crippen LogP contribution in [0.25, 0.3) is 5.57 Å². The van der Waals surface area contributed by atoms with Gasteiger partial charge in [0, 0.05) is 37.7 Å². The Labute approximate surface area is 569 Å². The third kappa shape index (κ3) is 17.1. The number of anilines is 2. The summed E-state index contributed by atoms with van der Waals surface area (Å²) >= 11 is 0. The normalized spacial score (nSPS) is 18.4. The predicted molar refractivity (Wildman–Crippen MR) is 367 cm³/mol. The molecule has 5 aliphatic rings. The topological polar surface area (TPSA) is 245 Å². The molecule has 1 N–H and O–H groups in total. The smallest absolute Gasteiger partial charge is 0.493 e. The summed E-state index contributed by atoms with van der Waals surface area (Å²) in [5.74, 6) is -1.45. The third-order valence-corrected chi connectivity index (χ3v) is 23.2. The van der Waals surface area contributed by atoms with Crippen molar-refractivity contribution >= 4 is 73.1 Å². The fraction of sp³-hybridized carbons (Fsp3) is 0.486. The number of carbonyl (C=O) groups is 8. The Balaban J connectivity index is 0.913. The molecule has 5 amide bonds. The van der Waals surface area contributed by atoms with E-state index < -0.39 is 74.4 Å². The van der Waals surface area contributed by atoms with E-state index in [9.17, 15) is 28.8 Å². The van der Waals surface area contributed by atoms with Crippen molar-refractivity contribution in [1.29, 1.82) is 0 Å². The summed E-state index contributed by atoms with van der Waals surface area (Å²) in [6.07, 6.45) is 4.68. The van der Waals surface area contributed by atoms with E-state index in [2.05, 4.69) is 52.3 Å². The second kappa shape index (κ2) is 29.8. The number of carbonyl (C=O) groups excluding carboxylic acids is 8. The zero-order chi connectivity index (χ0) is 70.5. The van der Waals surface area contributed by atoms with E-state index in [1.165, 1.54) is 29.1 Å². The Hall–Kier alpha value is -8.96. The zero-order valence-corrected chi connectivity index (χ0v) is 59.2. The van der Waals surface area contributed by atoms with Gasteiger partial charge in [0.05, 0.1) is 79.8 Å². The number of nitrogens with zero attached hydrogens (tertiary/aromatic N) is 4. The SMILES string of the molecule is C=CCOC(=O)C[C@H](C(=O)N[C@@H](C)C(=O)Cc1ccc(COC(=O)N2c3cc(OCCCOc4cc5c(cc4OC)C(=O)N4C=C(c6ccc(OC(=O)OC(C)(C)C)cc6)C[C@H]4CN5C(=O)OCC=C)c(C)cc3C(=O)N3CC4(CC4)C[C@H]3C2O[Si](C)(C)C(C)(C)C)cc1)C(C)C. The maximum absolute atomic E-state index is 15.2. The van der Waals surface area contributed by atoms with Crippen molar-refractivity contribution in [3.8, 4) is 23.0 Å². The Bertz CT molecular complexity index is 3700. The number of fused-ring (bicyclic) bond motifs is 4. The lowest BCUT2D eigenvalue weighted by molar-refractivity contribution is -0.146. The summed E-state index contributed by atoms with van der Waals surface area (Å²) in [4.78, 5) is 117. The van der Waals surface area contributed by atoms with Crippen LogP contribution in [0.5, 0.6) is 23.0 Å². The van der Waals surface area contributed by atoms with Gasteiger partial charge in [-0.2, -0.15) is 0 Å². The highest BCUT2D eigenvalue weighted by molar-refractivity contribution is 6.74. The first-order valence-corrected chi connectivity index (χ1v) is 36.1. The van der Waals surface area contributed by atoms with Gasteiger partial charge in [0.25, 0.3) is 11.8 Å². The molecule has 0 aromatic heterocycles. The number of rotatable bonds is 25. The molecule has 0 radical (unpaired) electrons. The number of hydrogen-bond donors (Lipinski definition) is 1. The first kappa shape index (κ1) is 72.3. The highest BCUT2D eigenvalue weighted by Gasteiger charge is 2.60. The minimum atomic E-state index is -2.70. The second-order valence-corrected chi connectivity index (χ2v) is 33.4. The molecule has 520 valence electrons. The molecule has 1 saturated carbocycles. The van der Waals surface area contributed by atoms with Crippen LogP contribution in [0.4, 0.5) is 25.8 Å². The van der Waals surface area contributed by atoms with Crippen LogP contribution >= 0.6 is 0 Å². The van der Waals surface area contributed by atoms with Crippen LogP contribution < -0.4 is 34.1 Å². The summed E-state index contributed by atoms with van der Waals surface area (Å²) in [6.45, 7) is 30.9. The van der Waals surface area contributed by atoms with Gasteiger partial charge in [0.2, 0.25) is 5.91 Å². The molecule has 4 aromatic rings. The van der Waals surface area contributed by atoms with Crippen LogP contribution in [0, 0.1) is 24.2 Å². The van der Waals surface area contributed by atoms with E-state index in [4.69, 9.17) is 42.3 Å². The van der Waals surface area contributed by atoms with E-state index in [1.807, 2.05) is 25.7 Å². The number of esters is 1. The van der Waals surface area contributed by atoms with Gasteiger partial charge in [0.15, 0.2) is 31.8 Å². The number of methoxy groups -OCH3 is 1. The molecular weight excluding hydrogens is 1260 g/mol. The van der Waals surface area contributed by atoms with Gasteiger partial charge in [-0.1, -0.05) is 96.3 Å². The molecule has 23 heteroatoms. The van der Waals surface area contributed by atoms with Gasteiger partial charge >= 0.3 is 24.3 Å². The molecule has 97 heavy (non-hydrogen) atoms. The largest absolute Gasteiger partial charge is 0.514 e. The number of amides is 5. The lowest BCUT2D eigenvalue weighted by Gasteiger charge is -2.44. The predicted octanol–water partition coefficient (Wildman–Crippen LogP) is 13.1. The Morgan fingerprint density at radius 2 is 1.41 bits per heavy atom. The van der Waals surface area contributed by atoms with Gasteiger partial charge in [-0.25, -0.2) is 19.3 Å². The molecule has 4 aliphatic heterocycles. The van der Waals surface area contributed by atoms with Crippen molar-refractivity contribution in [3.05, 3.63) is 138 Å². The van der Waals surface area contributed by atoms with Gasteiger partial charge < -0.3 is 57.4 Å². The third-order valence-electron chi connectivity index (χ3n) is 18.8. The van der Waals surface area contributed by atoms with Gasteiger partial charge in [-0.15, -0.1) is 0 Å². The molecule has 5 atom stereocenters. The quantitative estimate of drug-likeness (QED) is 0.0162. The molecule has 1 saturated heterocycles. The van der Waals surface area contributed by atoms with Crippen molar-refractivity contribution in [3.63, 3.8) is 0 Å². The zero-order valence-electron chi connectivity index (χ0n) is 58.2. The van der Waals surface area contributed by atoms with E-state index in [1.54, 1.807) is 112 Å². The van der Waals surface area contributed by atoms with Crippen molar-refractivity contribution in [1.82, 2.24) is 15.1 Å². The minimum Gasteiger partial charge on any atom is -0.493 e. The van der Waals surface area contributed by atoms with E-state index in [-0.39, 0.29) is 121 Å². The lowest BCUT2D eigenvalue weighted by atomic mass is 9.91. The number of aryl methyl sites for hydroxylation is 1. The lowest BCUT2D eigenvalue weighted by Crippen LogP contribution is -2.58. The molecule has 0 bridgehead atoms. The van der Waals surface area contributed by atoms with Crippen molar-refractivity contribution in [2.75, 3.05) is 56.4 Å². The van der Waals surface area contributed by atoms with Gasteiger partial charge in [-0.3, -0.25) is 28.9 Å². The first-order valence-electron chi connectivity index (χ1n) is 33.2. The number of Topliss-reactive ketones (excluding diaryl/α,β-unsaturated/α-hetero) is 1. The molecule has 1 aliphatic carbocycles. The second-order valence-electron chi connectivity index (χ2n) is 28.6. The highest BCUT2D eigenvalue weighted by atomic mass is 28.4. The Kier molecular flexibility index (Phi) is 22.2. The van der Waals surface area contributed by atoms with Crippen LogP contribution in [-0.2, 0) is 50.8 Å². The molecule has 22 nitrogen and oxygen atoms in total.